The second-order valence-corrected chi connectivity index (χ2v) is 13.2. The van der Waals surface area contributed by atoms with Gasteiger partial charge < -0.3 is 39.4 Å². The molecule has 0 aliphatic carbocycles. The fourth-order valence-corrected chi connectivity index (χ4v) is 6.30. The van der Waals surface area contributed by atoms with Crippen LogP contribution >= 0.6 is 0 Å². The minimum Gasteiger partial charge on any atom is -0.490 e. The number of aliphatic hydroxyl groups is 4. The van der Waals surface area contributed by atoms with Crippen molar-refractivity contribution in [1.29, 1.82) is 0 Å². The summed E-state index contributed by atoms with van der Waals surface area (Å²) in [5.41, 5.74) is 1.77. The topological polar surface area (TPSA) is 135 Å². The first-order valence-corrected chi connectivity index (χ1v) is 16.4. The third kappa shape index (κ3) is 10.5. The Morgan fingerprint density at radius 2 is 1.78 bits per heavy atom. The largest absolute Gasteiger partial charge is 0.490 e. The van der Waals surface area contributed by atoms with Gasteiger partial charge in [0, 0.05) is 37.2 Å². The zero-order valence-corrected chi connectivity index (χ0v) is 29.3. The van der Waals surface area contributed by atoms with Crippen molar-refractivity contribution >= 4 is 5.97 Å². The summed E-state index contributed by atoms with van der Waals surface area (Å²) >= 11 is 0. The molecule has 260 valence electrons. The Morgan fingerprint density at radius 1 is 1.11 bits per heavy atom. The maximum Gasteiger partial charge on any atom is 0.373 e. The van der Waals surface area contributed by atoms with E-state index in [1.807, 2.05) is 71.9 Å². The van der Waals surface area contributed by atoms with Crippen LogP contribution in [0.25, 0.3) is 0 Å². The number of allylic oxidation sites excluding steroid dienone is 8. The Balaban J connectivity index is 2.51. The van der Waals surface area contributed by atoms with E-state index in [0.29, 0.717) is 6.42 Å². The van der Waals surface area contributed by atoms with Gasteiger partial charge in [-0.2, -0.15) is 0 Å². The van der Waals surface area contributed by atoms with Crippen molar-refractivity contribution < 1.29 is 44.2 Å². The van der Waals surface area contributed by atoms with Crippen LogP contribution in [0.15, 0.2) is 71.6 Å². The normalized spacial score (nSPS) is 40.1. The minimum atomic E-state index is -1.86. The van der Waals surface area contributed by atoms with Crippen LogP contribution in [0.2, 0.25) is 0 Å². The monoisotopic (exact) mass is 646 g/mol. The summed E-state index contributed by atoms with van der Waals surface area (Å²) in [7, 11) is 2.86. The van der Waals surface area contributed by atoms with Gasteiger partial charge in [-0.05, 0) is 39.2 Å². The van der Waals surface area contributed by atoms with Crippen LogP contribution in [0.5, 0.6) is 0 Å². The number of carbonyl (C=O) groups is 1. The summed E-state index contributed by atoms with van der Waals surface area (Å²) in [6.07, 6.45) is 11.8. The van der Waals surface area contributed by atoms with E-state index in [1.54, 1.807) is 38.2 Å². The molecule has 2 aliphatic heterocycles. The number of carbonyl (C=O) groups excluding carboxylic acids is 1. The number of methoxy groups -OCH3 is 2. The van der Waals surface area contributed by atoms with Crippen molar-refractivity contribution in [2.75, 3.05) is 14.2 Å². The molecule has 0 saturated carbocycles. The molecule has 9 nitrogen and oxygen atoms in total. The summed E-state index contributed by atoms with van der Waals surface area (Å²) < 4.78 is 23.4. The standard InChI is InChI=1S/C37H58O9/c1-11-12-13-16-30-26(6)29(38)21-37(42,46-30)28(8)34(40)27(7)35-31(43-9)17-14-15-22(2)18-24(4)33(39)25(5)19-23(3)20-32(44-10)36(41)45-35/h11-17,19-20,24-31,33-35,38-40,42H,18,21H2,1-10H3/b12-11+,16-13+,17-14+,22-15+,23-19+,32-20-/t24-,25+,26-,27-,28-,29+,30+,31-,33-,34+,35+,37+/m0/s1. The van der Waals surface area contributed by atoms with Crippen LogP contribution in [0.4, 0.5) is 0 Å². The highest BCUT2D eigenvalue weighted by Crippen LogP contribution is 2.40. The molecule has 46 heavy (non-hydrogen) atoms. The number of esters is 1. The van der Waals surface area contributed by atoms with E-state index < -0.39 is 60.2 Å². The molecule has 0 unspecified atom stereocenters. The molecule has 0 aromatic heterocycles. The number of ether oxygens (including phenoxy) is 4. The molecular formula is C37H58O9. The predicted molar refractivity (Wildman–Crippen MR) is 179 cm³/mol. The van der Waals surface area contributed by atoms with Crippen molar-refractivity contribution in [1.82, 2.24) is 0 Å². The first kappa shape index (κ1) is 39.6. The van der Waals surface area contributed by atoms with E-state index >= 15 is 0 Å². The zero-order valence-electron chi connectivity index (χ0n) is 29.3. The van der Waals surface area contributed by atoms with Crippen LogP contribution < -0.4 is 0 Å². The highest BCUT2D eigenvalue weighted by atomic mass is 16.6. The van der Waals surface area contributed by atoms with Gasteiger partial charge in [0.1, 0.15) is 12.2 Å². The Bertz CT molecular complexity index is 1170. The summed E-state index contributed by atoms with van der Waals surface area (Å²) in [4.78, 5) is 13.5. The van der Waals surface area contributed by atoms with Crippen LogP contribution in [0, 0.1) is 29.6 Å². The number of aliphatic hydroxyl groups excluding tert-OH is 3. The summed E-state index contributed by atoms with van der Waals surface area (Å²) in [6.45, 7) is 14.9. The van der Waals surface area contributed by atoms with Crippen molar-refractivity contribution in [2.45, 2.75) is 111 Å². The average molecular weight is 647 g/mol. The van der Waals surface area contributed by atoms with Crippen molar-refractivity contribution in [3.8, 4) is 0 Å². The quantitative estimate of drug-likeness (QED) is 0.208. The average Bonchev–Trinajstić information content (AvgIpc) is 3.01. The Hall–Kier alpha value is -2.53. The highest BCUT2D eigenvalue weighted by molar-refractivity contribution is 5.87. The minimum absolute atomic E-state index is 0.0115. The zero-order chi connectivity index (χ0) is 34.8. The van der Waals surface area contributed by atoms with Gasteiger partial charge in [0.2, 0.25) is 5.76 Å². The van der Waals surface area contributed by atoms with Gasteiger partial charge >= 0.3 is 5.97 Å². The number of cyclic esters (lactones) is 1. The van der Waals surface area contributed by atoms with E-state index in [-0.39, 0.29) is 29.9 Å². The van der Waals surface area contributed by atoms with Gasteiger partial charge in [-0.25, -0.2) is 4.79 Å². The van der Waals surface area contributed by atoms with Gasteiger partial charge in [-0.1, -0.05) is 94.4 Å². The third-order valence-electron chi connectivity index (χ3n) is 9.44. The predicted octanol–water partition coefficient (Wildman–Crippen LogP) is 5.17. The van der Waals surface area contributed by atoms with E-state index in [4.69, 9.17) is 18.9 Å². The maximum atomic E-state index is 13.5. The van der Waals surface area contributed by atoms with E-state index in [9.17, 15) is 25.2 Å². The lowest BCUT2D eigenvalue weighted by Gasteiger charge is -2.47. The van der Waals surface area contributed by atoms with Gasteiger partial charge in [-0.3, -0.25) is 0 Å². The number of hydrogen-bond donors (Lipinski definition) is 4. The molecule has 0 bridgehead atoms. The Labute approximate surface area is 276 Å². The second-order valence-electron chi connectivity index (χ2n) is 13.2. The molecule has 0 aromatic rings. The summed E-state index contributed by atoms with van der Waals surface area (Å²) in [5, 5.41) is 45.2. The van der Waals surface area contributed by atoms with E-state index in [0.717, 1.165) is 11.1 Å². The molecule has 1 fully saturated rings. The lowest BCUT2D eigenvalue weighted by molar-refractivity contribution is -0.313. The fraction of sp³-hybridized carbons (Fsp3) is 0.649. The van der Waals surface area contributed by atoms with Crippen molar-refractivity contribution in [3.05, 3.63) is 71.6 Å². The Morgan fingerprint density at radius 3 is 2.39 bits per heavy atom. The Kier molecular flexibility index (Phi) is 15.6. The van der Waals surface area contributed by atoms with Gasteiger partial charge in [-0.15, -0.1) is 0 Å². The lowest BCUT2D eigenvalue weighted by atomic mass is 9.77. The molecule has 12 atom stereocenters. The van der Waals surface area contributed by atoms with E-state index in [2.05, 4.69) is 0 Å². The van der Waals surface area contributed by atoms with Gasteiger partial charge in [0.25, 0.3) is 0 Å². The molecule has 2 rings (SSSR count). The molecule has 9 heteroatoms. The molecule has 4 N–H and O–H groups in total. The summed E-state index contributed by atoms with van der Waals surface area (Å²) in [6, 6.07) is 0. The summed E-state index contributed by atoms with van der Waals surface area (Å²) in [5.74, 6) is -4.77. The van der Waals surface area contributed by atoms with Crippen LogP contribution in [-0.2, 0) is 23.7 Å². The van der Waals surface area contributed by atoms with Crippen LogP contribution in [0.1, 0.15) is 68.2 Å². The van der Waals surface area contributed by atoms with E-state index in [1.165, 1.54) is 14.2 Å². The molecule has 2 aliphatic rings. The number of hydrogen-bond acceptors (Lipinski definition) is 9. The van der Waals surface area contributed by atoms with Crippen LogP contribution in [0.3, 0.4) is 0 Å². The third-order valence-corrected chi connectivity index (χ3v) is 9.44. The molecular weight excluding hydrogens is 588 g/mol. The second kappa shape index (κ2) is 18.1. The molecule has 2 heterocycles. The molecule has 1 saturated heterocycles. The first-order chi connectivity index (χ1) is 21.6. The highest BCUT2D eigenvalue weighted by Gasteiger charge is 2.50. The molecule has 0 spiro atoms. The van der Waals surface area contributed by atoms with Crippen molar-refractivity contribution in [2.24, 2.45) is 29.6 Å². The fourth-order valence-electron chi connectivity index (χ4n) is 6.30. The van der Waals surface area contributed by atoms with Gasteiger partial charge in [0.05, 0.1) is 31.5 Å². The van der Waals surface area contributed by atoms with Gasteiger partial charge in [0.15, 0.2) is 5.79 Å². The van der Waals surface area contributed by atoms with Crippen molar-refractivity contribution in [3.63, 3.8) is 0 Å². The molecule has 0 radical (unpaired) electrons. The number of rotatable bonds is 8. The maximum absolute atomic E-state index is 13.5. The molecule has 0 aromatic carbocycles. The molecule has 0 amide bonds. The lowest BCUT2D eigenvalue weighted by Crippen LogP contribution is -2.58. The SMILES string of the molecule is C/C=C/C=C/[C@H]1O[C@@](O)([C@@H](C)[C@H](O)[C@H](C)[C@H]2OC(=O)/C(OC)=C/C(C)=C/[C@@H](C)[C@@H](O)[C@@H](C)C/C(C)=C/C=C/[C@@H]2OC)C[C@@H](O)[C@@H]1C. The first-order valence-electron chi connectivity index (χ1n) is 16.4. The smallest absolute Gasteiger partial charge is 0.373 e. The van der Waals surface area contributed by atoms with Crippen LogP contribution in [-0.4, -0.2) is 83.0 Å².